The summed E-state index contributed by atoms with van der Waals surface area (Å²) in [6.45, 7) is 5.68. The summed E-state index contributed by atoms with van der Waals surface area (Å²) >= 11 is 0. The Kier molecular flexibility index (Phi) is 3.31. The van der Waals surface area contributed by atoms with E-state index in [1.54, 1.807) is 6.26 Å². The van der Waals surface area contributed by atoms with Crippen LogP contribution in [0.5, 0.6) is 0 Å². The van der Waals surface area contributed by atoms with E-state index in [-0.39, 0.29) is 0 Å². The highest BCUT2D eigenvalue weighted by molar-refractivity contribution is 5.25. The predicted octanol–water partition coefficient (Wildman–Crippen LogP) is 1.23. The van der Waals surface area contributed by atoms with Crippen LogP contribution in [0.3, 0.4) is 0 Å². The normalized spacial score (nSPS) is 10.8. The number of hydrogen-bond acceptors (Lipinski definition) is 4. The van der Waals surface area contributed by atoms with Gasteiger partial charge in [-0.25, -0.2) is 0 Å². The molecule has 0 aliphatic heterocycles. The van der Waals surface area contributed by atoms with Crippen LogP contribution in [-0.2, 0) is 6.54 Å². The highest BCUT2D eigenvalue weighted by Crippen LogP contribution is 2.12. The number of rotatable bonds is 4. The van der Waals surface area contributed by atoms with Gasteiger partial charge in [-0.2, -0.15) is 4.98 Å². The Morgan fingerprint density at radius 3 is 2.77 bits per heavy atom. The maximum atomic E-state index is 5.42. The number of anilines is 1. The smallest absolute Gasteiger partial charge is 0.297 e. The highest BCUT2D eigenvalue weighted by atomic mass is 16.4. The van der Waals surface area contributed by atoms with Crippen molar-refractivity contribution in [1.82, 2.24) is 4.98 Å². The van der Waals surface area contributed by atoms with Crippen molar-refractivity contribution in [2.45, 2.75) is 20.4 Å². The molecule has 1 aromatic rings. The van der Waals surface area contributed by atoms with Crippen LogP contribution in [0.1, 0.15) is 19.5 Å². The summed E-state index contributed by atoms with van der Waals surface area (Å²) in [5.74, 6) is 0.596. The average molecular weight is 183 g/mol. The van der Waals surface area contributed by atoms with Crippen LogP contribution in [-0.4, -0.2) is 18.6 Å². The first-order valence-electron chi connectivity index (χ1n) is 4.49. The molecule has 0 atom stereocenters. The summed E-state index contributed by atoms with van der Waals surface area (Å²) in [6, 6.07) is 0.647. The number of aromatic nitrogens is 1. The van der Waals surface area contributed by atoms with E-state index in [0.29, 0.717) is 18.5 Å². The molecule has 1 heterocycles. The predicted molar refractivity (Wildman–Crippen MR) is 52.5 cm³/mol. The van der Waals surface area contributed by atoms with Crippen LogP contribution < -0.4 is 10.6 Å². The zero-order chi connectivity index (χ0) is 9.84. The Labute approximate surface area is 78.7 Å². The first-order valence-corrected chi connectivity index (χ1v) is 4.49. The SMILES string of the molecule is CC(C)CN(C)c1nc(CN)co1. The monoisotopic (exact) mass is 183 g/mol. The molecule has 1 rings (SSSR count). The van der Waals surface area contributed by atoms with Gasteiger partial charge in [-0.1, -0.05) is 13.8 Å². The molecule has 74 valence electrons. The molecule has 0 aliphatic rings. The van der Waals surface area contributed by atoms with Crippen molar-refractivity contribution in [2.24, 2.45) is 11.7 Å². The molecule has 0 amide bonds. The van der Waals surface area contributed by atoms with Gasteiger partial charge in [0.05, 0.1) is 5.69 Å². The van der Waals surface area contributed by atoms with E-state index in [0.717, 1.165) is 12.2 Å². The van der Waals surface area contributed by atoms with E-state index in [1.165, 1.54) is 0 Å². The quantitative estimate of drug-likeness (QED) is 0.762. The second-order valence-corrected chi connectivity index (χ2v) is 3.60. The first kappa shape index (κ1) is 10.1. The van der Waals surface area contributed by atoms with E-state index in [4.69, 9.17) is 10.2 Å². The maximum Gasteiger partial charge on any atom is 0.297 e. The molecular weight excluding hydrogens is 166 g/mol. The molecule has 2 N–H and O–H groups in total. The van der Waals surface area contributed by atoms with Crippen molar-refractivity contribution in [1.29, 1.82) is 0 Å². The minimum absolute atomic E-state index is 0.430. The molecular formula is C9H17N3O. The molecule has 0 spiro atoms. The lowest BCUT2D eigenvalue weighted by Gasteiger charge is -2.16. The largest absolute Gasteiger partial charge is 0.432 e. The number of nitrogens with two attached hydrogens (primary N) is 1. The van der Waals surface area contributed by atoms with Gasteiger partial charge < -0.3 is 15.1 Å². The molecule has 0 fully saturated rings. The zero-order valence-electron chi connectivity index (χ0n) is 8.45. The Bertz CT molecular complexity index is 257. The van der Waals surface area contributed by atoms with Gasteiger partial charge in [0.15, 0.2) is 0 Å². The molecule has 4 nitrogen and oxygen atoms in total. The standard InChI is InChI=1S/C9H17N3O/c1-7(2)5-12(3)9-11-8(4-10)6-13-9/h6-7H,4-5,10H2,1-3H3. The summed E-state index contributed by atoms with van der Waals surface area (Å²) in [6.07, 6.45) is 1.60. The van der Waals surface area contributed by atoms with Crippen LogP contribution in [0.25, 0.3) is 0 Å². The van der Waals surface area contributed by atoms with Crippen molar-refractivity contribution in [3.63, 3.8) is 0 Å². The summed E-state index contributed by atoms with van der Waals surface area (Å²) in [4.78, 5) is 6.21. The molecule has 0 unspecified atom stereocenters. The highest BCUT2D eigenvalue weighted by Gasteiger charge is 2.08. The van der Waals surface area contributed by atoms with Gasteiger partial charge in [0, 0.05) is 20.1 Å². The molecule has 0 saturated heterocycles. The average Bonchev–Trinajstić information content (AvgIpc) is 2.50. The van der Waals surface area contributed by atoms with E-state index in [1.807, 2.05) is 11.9 Å². The van der Waals surface area contributed by atoms with Crippen LogP contribution >= 0.6 is 0 Å². The summed E-state index contributed by atoms with van der Waals surface area (Å²) in [7, 11) is 1.96. The molecule has 0 aromatic carbocycles. The minimum atomic E-state index is 0.430. The second-order valence-electron chi connectivity index (χ2n) is 3.60. The fourth-order valence-corrected chi connectivity index (χ4v) is 1.19. The molecule has 0 aliphatic carbocycles. The van der Waals surface area contributed by atoms with Crippen LogP contribution in [0.15, 0.2) is 10.7 Å². The maximum absolute atomic E-state index is 5.42. The van der Waals surface area contributed by atoms with Crippen molar-refractivity contribution < 1.29 is 4.42 Å². The third-order valence-electron chi connectivity index (χ3n) is 1.71. The number of nitrogens with zero attached hydrogens (tertiary/aromatic N) is 2. The zero-order valence-corrected chi connectivity index (χ0v) is 8.45. The topological polar surface area (TPSA) is 55.3 Å². The Balaban J connectivity index is 2.60. The second kappa shape index (κ2) is 4.28. The molecule has 0 bridgehead atoms. The Morgan fingerprint density at radius 2 is 2.31 bits per heavy atom. The van der Waals surface area contributed by atoms with E-state index in [9.17, 15) is 0 Å². The van der Waals surface area contributed by atoms with E-state index in [2.05, 4.69) is 18.8 Å². The third-order valence-corrected chi connectivity index (χ3v) is 1.71. The van der Waals surface area contributed by atoms with Crippen molar-refractivity contribution >= 4 is 6.01 Å². The molecule has 13 heavy (non-hydrogen) atoms. The molecule has 4 heteroatoms. The van der Waals surface area contributed by atoms with Gasteiger partial charge in [0.25, 0.3) is 6.01 Å². The third kappa shape index (κ3) is 2.73. The molecule has 0 radical (unpaired) electrons. The van der Waals surface area contributed by atoms with Gasteiger partial charge >= 0.3 is 0 Å². The first-order chi connectivity index (χ1) is 6.13. The van der Waals surface area contributed by atoms with Gasteiger partial charge in [-0.15, -0.1) is 0 Å². The van der Waals surface area contributed by atoms with Gasteiger partial charge in [0.1, 0.15) is 6.26 Å². The lowest BCUT2D eigenvalue weighted by atomic mass is 10.2. The van der Waals surface area contributed by atoms with E-state index >= 15 is 0 Å². The minimum Gasteiger partial charge on any atom is -0.432 e. The van der Waals surface area contributed by atoms with Crippen LogP contribution in [0, 0.1) is 5.92 Å². The van der Waals surface area contributed by atoms with Crippen LogP contribution in [0.2, 0.25) is 0 Å². The fourth-order valence-electron chi connectivity index (χ4n) is 1.19. The van der Waals surface area contributed by atoms with Crippen molar-refractivity contribution in [3.8, 4) is 0 Å². The van der Waals surface area contributed by atoms with Crippen molar-refractivity contribution in [2.75, 3.05) is 18.5 Å². The molecule has 0 saturated carbocycles. The van der Waals surface area contributed by atoms with Gasteiger partial charge in [-0.3, -0.25) is 0 Å². The molecule has 1 aromatic heterocycles. The summed E-state index contributed by atoms with van der Waals surface area (Å²) < 4.78 is 5.25. The van der Waals surface area contributed by atoms with Gasteiger partial charge in [0.2, 0.25) is 0 Å². The van der Waals surface area contributed by atoms with Crippen molar-refractivity contribution in [3.05, 3.63) is 12.0 Å². The Morgan fingerprint density at radius 1 is 1.62 bits per heavy atom. The number of oxazole rings is 1. The lowest BCUT2D eigenvalue weighted by molar-refractivity contribution is 0.523. The number of hydrogen-bond donors (Lipinski definition) is 1. The Hall–Kier alpha value is -1.03. The fraction of sp³-hybridized carbons (Fsp3) is 0.667. The summed E-state index contributed by atoms with van der Waals surface area (Å²) in [5, 5.41) is 0. The van der Waals surface area contributed by atoms with Crippen LogP contribution in [0.4, 0.5) is 6.01 Å². The summed E-state index contributed by atoms with van der Waals surface area (Å²) in [5.41, 5.74) is 6.22. The van der Waals surface area contributed by atoms with Gasteiger partial charge in [-0.05, 0) is 5.92 Å². The van der Waals surface area contributed by atoms with E-state index < -0.39 is 0 Å². The lowest BCUT2D eigenvalue weighted by Crippen LogP contribution is -2.22.